The number of urea groups is 1. The molecular weight excluding hydrogens is 370 g/mol. The van der Waals surface area contributed by atoms with Crippen molar-refractivity contribution in [2.45, 2.75) is 0 Å². The van der Waals surface area contributed by atoms with Crippen molar-refractivity contribution < 1.29 is 13.6 Å². The fourth-order valence-corrected chi connectivity index (χ4v) is 2.88. The van der Waals surface area contributed by atoms with Crippen molar-refractivity contribution in [3.8, 4) is 5.82 Å². The van der Waals surface area contributed by atoms with Gasteiger partial charge in [0.1, 0.15) is 24.8 Å². The van der Waals surface area contributed by atoms with Gasteiger partial charge in [-0.1, -0.05) is 0 Å². The Morgan fingerprint density at radius 1 is 0.964 bits per heavy atom. The molecular formula is C17H16F2N8O. The van der Waals surface area contributed by atoms with Crippen LogP contribution in [0.4, 0.5) is 25.1 Å². The molecule has 28 heavy (non-hydrogen) atoms. The van der Waals surface area contributed by atoms with Gasteiger partial charge in [0, 0.05) is 44.0 Å². The van der Waals surface area contributed by atoms with E-state index in [0.717, 1.165) is 18.0 Å². The van der Waals surface area contributed by atoms with Crippen LogP contribution in [0.2, 0.25) is 0 Å². The van der Waals surface area contributed by atoms with E-state index in [4.69, 9.17) is 0 Å². The molecule has 1 N–H and O–H groups in total. The van der Waals surface area contributed by atoms with Gasteiger partial charge in [-0.15, -0.1) is 0 Å². The van der Waals surface area contributed by atoms with Crippen LogP contribution < -0.4 is 10.2 Å². The van der Waals surface area contributed by atoms with Crippen molar-refractivity contribution in [3.05, 3.63) is 54.9 Å². The van der Waals surface area contributed by atoms with E-state index in [9.17, 15) is 13.6 Å². The summed E-state index contributed by atoms with van der Waals surface area (Å²) in [6, 6.07) is 4.68. The lowest BCUT2D eigenvalue weighted by atomic mass is 10.3. The first kappa shape index (κ1) is 17.8. The molecule has 144 valence electrons. The molecule has 0 aliphatic carbocycles. The number of anilines is 2. The summed E-state index contributed by atoms with van der Waals surface area (Å²) in [6.07, 6.45) is 4.42. The number of aromatic nitrogens is 5. The Hall–Kier alpha value is -3.63. The number of hydrogen-bond donors (Lipinski definition) is 1. The highest BCUT2D eigenvalue weighted by Crippen LogP contribution is 2.17. The Labute approximate surface area is 158 Å². The highest BCUT2D eigenvalue weighted by molar-refractivity contribution is 5.89. The van der Waals surface area contributed by atoms with Gasteiger partial charge in [-0.2, -0.15) is 5.10 Å². The lowest BCUT2D eigenvalue weighted by Gasteiger charge is -2.35. The van der Waals surface area contributed by atoms with Crippen molar-refractivity contribution in [2.24, 2.45) is 0 Å². The molecule has 1 saturated heterocycles. The fourth-order valence-electron chi connectivity index (χ4n) is 2.88. The minimum Gasteiger partial charge on any atom is -0.353 e. The monoisotopic (exact) mass is 386 g/mol. The number of amides is 2. The smallest absolute Gasteiger partial charge is 0.321 e. The number of piperazine rings is 1. The van der Waals surface area contributed by atoms with Crippen molar-refractivity contribution in [1.29, 1.82) is 0 Å². The molecule has 3 aromatic rings. The molecule has 1 aliphatic rings. The number of rotatable bonds is 3. The molecule has 1 fully saturated rings. The van der Waals surface area contributed by atoms with Crippen LogP contribution >= 0.6 is 0 Å². The molecule has 3 heterocycles. The zero-order valence-corrected chi connectivity index (χ0v) is 14.7. The van der Waals surface area contributed by atoms with E-state index >= 15 is 0 Å². The highest BCUT2D eigenvalue weighted by Gasteiger charge is 2.22. The molecule has 0 unspecified atom stereocenters. The van der Waals surface area contributed by atoms with Crippen LogP contribution in [0.15, 0.2) is 43.2 Å². The zero-order chi connectivity index (χ0) is 19.5. The molecule has 0 atom stereocenters. The maximum atomic E-state index is 13.3. The van der Waals surface area contributed by atoms with E-state index in [1.165, 1.54) is 23.4 Å². The third kappa shape index (κ3) is 3.72. The summed E-state index contributed by atoms with van der Waals surface area (Å²) in [7, 11) is 0. The number of carbonyl (C=O) groups is 1. The number of halogens is 2. The summed E-state index contributed by atoms with van der Waals surface area (Å²) in [5.41, 5.74) is 0.208. The summed E-state index contributed by atoms with van der Waals surface area (Å²) < 4.78 is 27.8. The van der Waals surface area contributed by atoms with Crippen LogP contribution in [0.3, 0.4) is 0 Å². The van der Waals surface area contributed by atoms with Gasteiger partial charge in [0.25, 0.3) is 0 Å². The van der Waals surface area contributed by atoms with Gasteiger partial charge < -0.3 is 15.1 Å². The summed E-state index contributed by atoms with van der Waals surface area (Å²) in [6.45, 7) is 2.05. The van der Waals surface area contributed by atoms with Crippen LogP contribution in [0.25, 0.3) is 5.82 Å². The molecule has 2 amide bonds. The number of nitrogens with one attached hydrogen (secondary N) is 1. The van der Waals surface area contributed by atoms with E-state index in [-0.39, 0.29) is 11.7 Å². The average Bonchev–Trinajstić information content (AvgIpc) is 3.26. The standard InChI is InChI=1S/C17H16F2N8O/c18-13-2-1-12(7-14(13)19)24-17(28)26-5-3-25(4-6-26)15-8-16(22-10-21-15)27-11-20-9-23-27/h1-2,7-11H,3-6H2,(H,24,28). The molecule has 0 saturated carbocycles. The minimum absolute atomic E-state index is 0.208. The lowest BCUT2D eigenvalue weighted by Crippen LogP contribution is -2.50. The number of nitrogens with zero attached hydrogens (tertiary/aromatic N) is 7. The second-order valence-corrected chi connectivity index (χ2v) is 6.11. The maximum Gasteiger partial charge on any atom is 0.321 e. The number of hydrogen-bond acceptors (Lipinski definition) is 6. The lowest BCUT2D eigenvalue weighted by molar-refractivity contribution is 0.208. The predicted molar refractivity (Wildman–Crippen MR) is 96.1 cm³/mol. The summed E-state index contributed by atoms with van der Waals surface area (Å²) in [5.74, 6) is -0.640. The first-order valence-corrected chi connectivity index (χ1v) is 8.53. The average molecular weight is 386 g/mol. The summed E-state index contributed by atoms with van der Waals surface area (Å²) in [5, 5.41) is 6.62. The molecule has 2 aromatic heterocycles. The molecule has 0 bridgehead atoms. The van der Waals surface area contributed by atoms with E-state index in [1.807, 2.05) is 4.90 Å². The molecule has 9 nitrogen and oxygen atoms in total. The third-order valence-electron chi connectivity index (χ3n) is 4.35. The van der Waals surface area contributed by atoms with E-state index in [0.29, 0.717) is 32.0 Å². The van der Waals surface area contributed by atoms with Crippen molar-refractivity contribution in [2.75, 3.05) is 36.4 Å². The normalized spacial score (nSPS) is 14.2. The topological polar surface area (TPSA) is 92.1 Å². The van der Waals surface area contributed by atoms with Crippen molar-refractivity contribution >= 4 is 17.5 Å². The third-order valence-corrected chi connectivity index (χ3v) is 4.35. The molecule has 1 aromatic carbocycles. The van der Waals surface area contributed by atoms with Crippen molar-refractivity contribution in [1.82, 2.24) is 29.6 Å². The second kappa shape index (κ2) is 7.55. The predicted octanol–water partition coefficient (Wildman–Crippen LogP) is 1.69. The molecule has 1 aliphatic heterocycles. The first-order chi connectivity index (χ1) is 13.6. The number of benzene rings is 1. The Bertz CT molecular complexity index is 973. The van der Waals surface area contributed by atoms with Crippen LogP contribution in [0, 0.1) is 11.6 Å². The zero-order valence-electron chi connectivity index (χ0n) is 14.7. The van der Waals surface area contributed by atoms with Gasteiger partial charge in [0.15, 0.2) is 17.5 Å². The minimum atomic E-state index is -1.01. The van der Waals surface area contributed by atoms with Crippen LogP contribution in [0.5, 0.6) is 0 Å². The van der Waals surface area contributed by atoms with Gasteiger partial charge in [0.2, 0.25) is 0 Å². The van der Waals surface area contributed by atoms with Crippen molar-refractivity contribution in [3.63, 3.8) is 0 Å². The Morgan fingerprint density at radius 2 is 1.75 bits per heavy atom. The van der Waals surface area contributed by atoms with Gasteiger partial charge in [-0.05, 0) is 12.1 Å². The largest absolute Gasteiger partial charge is 0.353 e. The Morgan fingerprint density at radius 3 is 2.46 bits per heavy atom. The fraction of sp³-hybridized carbons (Fsp3) is 0.235. The van der Waals surface area contributed by atoms with Crippen LogP contribution in [0.1, 0.15) is 0 Å². The molecule has 0 radical (unpaired) electrons. The van der Waals surface area contributed by atoms with E-state index in [1.54, 1.807) is 17.3 Å². The number of carbonyl (C=O) groups excluding carboxylic acids is 1. The van der Waals surface area contributed by atoms with E-state index < -0.39 is 11.6 Å². The molecule has 11 heteroatoms. The van der Waals surface area contributed by atoms with Gasteiger partial charge in [-0.3, -0.25) is 0 Å². The Kier molecular flexibility index (Phi) is 4.79. The summed E-state index contributed by atoms with van der Waals surface area (Å²) >= 11 is 0. The summed E-state index contributed by atoms with van der Waals surface area (Å²) in [4.78, 5) is 28.3. The quantitative estimate of drug-likeness (QED) is 0.737. The maximum absolute atomic E-state index is 13.3. The SMILES string of the molecule is O=C(Nc1ccc(F)c(F)c1)N1CCN(c2cc(-n3cncn3)ncn2)CC1. The molecule has 0 spiro atoms. The van der Waals surface area contributed by atoms with Crippen LogP contribution in [-0.4, -0.2) is 61.8 Å². The van der Waals surface area contributed by atoms with Gasteiger partial charge in [-0.25, -0.2) is 33.2 Å². The molecule has 4 rings (SSSR count). The van der Waals surface area contributed by atoms with Crippen LogP contribution in [-0.2, 0) is 0 Å². The van der Waals surface area contributed by atoms with Gasteiger partial charge in [0.05, 0.1) is 0 Å². The van der Waals surface area contributed by atoms with Gasteiger partial charge >= 0.3 is 6.03 Å². The Balaban J connectivity index is 1.37. The van der Waals surface area contributed by atoms with E-state index in [2.05, 4.69) is 25.4 Å². The highest BCUT2D eigenvalue weighted by atomic mass is 19.2. The first-order valence-electron chi connectivity index (χ1n) is 8.53. The second-order valence-electron chi connectivity index (χ2n) is 6.11.